The van der Waals surface area contributed by atoms with E-state index in [4.69, 9.17) is 9.47 Å². The van der Waals surface area contributed by atoms with E-state index in [0.717, 1.165) is 33.1 Å². The van der Waals surface area contributed by atoms with Gasteiger partial charge in [0, 0.05) is 20.2 Å². The van der Waals surface area contributed by atoms with Gasteiger partial charge in [-0.25, -0.2) is 4.68 Å². The van der Waals surface area contributed by atoms with Crippen LogP contribution in [0.5, 0.6) is 5.88 Å². The third-order valence-corrected chi connectivity index (χ3v) is 4.88. The molecule has 0 saturated carbocycles. The summed E-state index contributed by atoms with van der Waals surface area (Å²) in [5.41, 5.74) is -1.16. The quantitative estimate of drug-likeness (QED) is 0.774. The summed E-state index contributed by atoms with van der Waals surface area (Å²) in [6, 6.07) is 0. The molecule has 1 aromatic rings. The Kier molecular flexibility index (Phi) is 6.77. The predicted molar refractivity (Wildman–Crippen MR) is 93.8 cm³/mol. The van der Waals surface area contributed by atoms with Crippen LogP contribution in [-0.4, -0.2) is 47.7 Å². The molecule has 6 nitrogen and oxygen atoms in total. The van der Waals surface area contributed by atoms with Crippen molar-refractivity contribution in [3.05, 3.63) is 11.3 Å². The first-order chi connectivity index (χ1) is 12.5. The van der Waals surface area contributed by atoms with Crippen molar-refractivity contribution in [1.29, 1.82) is 0 Å². The molecule has 0 aromatic carbocycles. The van der Waals surface area contributed by atoms with E-state index in [1.165, 1.54) is 4.68 Å². The molecule has 0 spiro atoms. The van der Waals surface area contributed by atoms with Crippen molar-refractivity contribution in [2.24, 2.45) is 12.5 Å². The van der Waals surface area contributed by atoms with Gasteiger partial charge in [0.05, 0.1) is 17.2 Å². The van der Waals surface area contributed by atoms with Crippen LogP contribution in [0.1, 0.15) is 55.6 Å². The van der Waals surface area contributed by atoms with Crippen molar-refractivity contribution in [1.82, 2.24) is 15.1 Å². The lowest BCUT2D eigenvalue weighted by Crippen LogP contribution is -2.36. The number of amides is 1. The van der Waals surface area contributed by atoms with Gasteiger partial charge in [-0.1, -0.05) is 13.8 Å². The minimum Gasteiger partial charge on any atom is -0.475 e. The molecule has 1 fully saturated rings. The number of rotatable bonds is 7. The first-order valence-corrected chi connectivity index (χ1v) is 9.16. The Morgan fingerprint density at radius 1 is 1.37 bits per heavy atom. The number of hydrogen-bond acceptors (Lipinski definition) is 4. The largest absolute Gasteiger partial charge is 0.475 e. The van der Waals surface area contributed by atoms with Crippen LogP contribution >= 0.6 is 0 Å². The standard InChI is InChI=1S/C18H28F3N3O3/c1-12-14(15(25)22-9-8-17(2,3)18(19,20)21)16(24(4)23-12)27-11-13-7-5-6-10-26-13/h13H,5-11H2,1-4H3,(H,22,25). The number of nitrogens with one attached hydrogen (secondary N) is 1. The zero-order valence-electron chi connectivity index (χ0n) is 16.3. The Labute approximate surface area is 157 Å². The number of hydrogen-bond donors (Lipinski definition) is 1. The van der Waals surface area contributed by atoms with Crippen molar-refractivity contribution < 1.29 is 27.4 Å². The Hall–Kier alpha value is -1.77. The zero-order valence-corrected chi connectivity index (χ0v) is 16.3. The van der Waals surface area contributed by atoms with Crippen LogP contribution in [0.4, 0.5) is 13.2 Å². The van der Waals surface area contributed by atoms with Gasteiger partial charge in [-0.15, -0.1) is 0 Å². The van der Waals surface area contributed by atoms with Gasteiger partial charge < -0.3 is 14.8 Å². The molecule has 1 amide bonds. The highest BCUT2D eigenvalue weighted by Gasteiger charge is 2.46. The van der Waals surface area contributed by atoms with Gasteiger partial charge in [0.25, 0.3) is 5.91 Å². The van der Waals surface area contributed by atoms with E-state index in [1.807, 2.05) is 0 Å². The van der Waals surface area contributed by atoms with Gasteiger partial charge in [0.15, 0.2) is 0 Å². The SMILES string of the molecule is Cc1nn(C)c(OCC2CCCCO2)c1C(=O)NCCC(C)(C)C(F)(F)F. The molecule has 1 N–H and O–H groups in total. The normalized spacial score (nSPS) is 18.4. The van der Waals surface area contributed by atoms with E-state index < -0.39 is 17.5 Å². The second-order valence-electron chi connectivity index (χ2n) is 7.58. The Morgan fingerprint density at radius 2 is 2.07 bits per heavy atom. The molecule has 1 saturated heterocycles. The Balaban J connectivity index is 1.99. The maximum Gasteiger partial charge on any atom is 0.394 e. The number of carbonyl (C=O) groups excluding carboxylic acids is 1. The van der Waals surface area contributed by atoms with Crippen molar-refractivity contribution in [2.75, 3.05) is 19.8 Å². The van der Waals surface area contributed by atoms with Crippen LogP contribution < -0.4 is 10.1 Å². The van der Waals surface area contributed by atoms with E-state index in [2.05, 4.69) is 10.4 Å². The second-order valence-corrected chi connectivity index (χ2v) is 7.58. The van der Waals surface area contributed by atoms with Crippen LogP contribution in [0.15, 0.2) is 0 Å². The van der Waals surface area contributed by atoms with E-state index in [1.54, 1.807) is 14.0 Å². The fourth-order valence-electron chi connectivity index (χ4n) is 2.89. The summed E-state index contributed by atoms with van der Waals surface area (Å²) in [6.07, 6.45) is -1.57. The van der Waals surface area contributed by atoms with Gasteiger partial charge in [-0.3, -0.25) is 4.79 Å². The third kappa shape index (κ3) is 5.37. The summed E-state index contributed by atoms with van der Waals surface area (Å²) < 4.78 is 51.7. The average Bonchev–Trinajstić information content (AvgIpc) is 2.86. The van der Waals surface area contributed by atoms with Gasteiger partial charge in [0.2, 0.25) is 5.88 Å². The molecule has 1 aliphatic rings. The minimum atomic E-state index is -4.32. The summed E-state index contributed by atoms with van der Waals surface area (Å²) in [5, 5.41) is 6.76. The molecule has 0 radical (unpaired) electrons. The van der Waals surface area contributed by atoms with Crippen molar-refractivity contribution >= 4 is 5.91 Å². The van der Waals surface area contributed by atoms with Crippen molar-refractivity contribution in [2.45, 2.75) is 58.7 Å². The van der Waals surface area contributed by atoms with Gasteiger partial charge >= 0.3 is 6.18 Å². The van der Waals surface area contributed by atoms with Crippen LogP contribution in [0.3, 0.4) is 0 Å². The average molecular weight is 391 g/mol. The number of aryl methyl sites for hydroxylation is 2. The molecule has 0 bridgehead atoms. The molecule has 2 heterocycles. The molecule has 154 valence electrons. The van der Waals surface area contributed by atoms with E-state index in [-0.39, 0.29) is 24.6 Å². The number of halogens is 3. The number of alkyl halides is 3. The maximum atomic E-state index is 12.9. The lowest BCUT2D eigenvalue weighted by molar-refractivity contribution is -0.213. The van der Waals surface area contributed by atoms with Crippen LogP contribution in [-0.2, 0) is 11.8 Å². The summed E-state index contributed by atoms with van der Waals surface area (Å²) >= 11 is 0. The molecule has 1 atom stereocenters. The number of nitrogens with zero attached hydrogens (tertiary/aromatic N) is 2. The third-order valence-electron chi connectivity index (χ3n) is 4.88. The smallest absolute Gasteiger partial charge is 0.394 e. The van der Waals surface area contributed by atoms with E-state index in [0.29, 0.717) is 24.8 Å². The van der Waals surface area contributed by atoms with Crippen LogP contribution in [0, 0.1) is 12.3 Å². The van der Waals surface area contributed by atoms with E-state index in [9.17, 15) is 18.0 Å². The summed E-state index contributed by atoms with van der Waals surface area (Å²) in [5.74, 6) is -0.188. The highest BCUT2D eigenvalue weighted by Crippen LogP contribution is 2.39. The molecular weight excluding hydrogens is 363 g/mol. The summed E-state index contributed by atoms with van der Waals surface area (Å²) in [4.78, 5) is 12.5. The second kappa shape index (κ2) is 8.50. The van der Waals surface area contributed by atoms with Gasteiger partial charge in [0.1, 0.15) is 12.2 Å². The topological polar surface area (TPSA) is 65.4 Å². The molecule has 1 unspecified atom stereocenters. The number of ether oxygens (including phenoxy) is 2. The molecule has 2 rings (SSSR count). The molecule has 9 heteroatoms. The zero-order chi connectivity index (χ0) is 20.2. The lowest BCUT2D eigenvalue weighted by atomic mass is 9.88. The Morgan fingerprint density at radius 3 is 2.67 bits per heavy atom. The predicted octanol–water partition coefficient (Wildman–Crippen LogP) is 3.38. The highest BCUT2D eigenvalue weighted by atomic mass is 19.4. The van der Waals surface area contributed by atoms with Gasteiger partial charge in [-0.05, 0) is 32.6 Å². The van der Waals surface area contributed by atoms with Crippen molar-refractivity contribution in [3.63, 3.8) is 0 Å². The first kappa shape index (κ1) is 21.5. The molecule has 27 heavy (non-hydrogen) atoms. The lowest BCUT2D eigenvalue weighted by Gasteiger charge is -2.27. The first-order valence-electron chi connectivity index (χ1n) is 9.16. The number of aromatic nitrogens is 2. The fourth-order valence-corrected chi connectivity index (χ4v) is 2.89. The molecule has 1 aromatic heterocycles. The fraction of sp³-hybridized carbons (Fsp3) is 0.778. The molecular formula is C18H28F3N3O3. The maximum absolute atomic E-state index is 12.9. The Bertz CT molecular complexity index is 650. The molecule has 0 aliphatic carbocycles. The highest BCUT2D eigenvalue weighted by molar-refractivity contribution is 5.97. The summed E-state index contributed by atoms with van der Waals surface area (Å²) in [6.45, 7) is 4.81. The van der Waals surface area contributed by atoms with Crippen LogP contribution in [0.25, 0.3) is 0 Å². The van der Waals surface area contributed by atoms with Crippen LogP contribution in [0.2, 0.25) is 0 Å². The van der Waals surface area contributed by atoms with E-state index >= 15 is 0 Å². The van der Waals surface area contributed by atoms with Crippen molar-refractivity contribution in [3.8, 4) is 5.88 Å². The summed E-state index contributed by atoms with van der Waals surface area (Å²) in [7, 11) is 1.66. The molecule has 1 aliphatic heterocycles. The number of carbonyl (C=O) groups is 1. The minimum absolute atomic E-state index is 0.0301. The van der Waals surface area contributed by atoms with Gasteiger partial charge in [-0.2, -0.15) is 18.3 Å². The monoisotopic (exact) mass is 391 g/mol.